The summed E-state index contributed by atoms with van der Waals surface area (Å²) in [5.41, 5.74) is 0. The third kappa shape index (κ3) is 4.74. The fraction of sp³-hybridized carbons (Fsp3) is 0.938. The van der Waals surface area contributed by atoms with Gasteiger partial charge in [-0.1, -0.05) is 0 Å². The van der Waals surface area contributed by atoms with E-state index in [9.17, 15) is 4.79 Å². The maximum absolute atomic E-state index is 11.9. The first-order valence-electron chi connectivity index (χ1n) is 8.23. The van der Waals surface area contributed by atoms with Crippen molar-refractivity contribution in [3.8, 4) is 0 Å². The van der Waals surface area contributed by atoms with Crippen molar-refractivity contribution in [2.24, 2.45) is 11.8 Å². The van der Waals surface area contributed by atoms with Gasteiger partial charge in [-0.05, 0) is 71.0 Å². The number of piperidine rings is 2. The van der Waals surface area contributed by atoms with Crippen LogP contribution < -0.4 is 0 Å². The van der Waals surface area contributed by atoms with Gasteiger partial charge in [-0.2, -0.15) is 0 Å². The highest BCUT2D eigenvalue weighted by Crippen LogP contribution is 2.29. The molecule has 2 aliphatic heterocycles. The molecule has 2 rings (SSSR count). The zero-order valence-corrected chi connectivity index (χ0v) is 13.1. The lowest BCUT2D eigenvalue weighted by Gasteiger charge is -2.36. The molecule has 0 spiro atoms. The van der Waals surface area contributed by atoms with Crippen molar-refractivity contribution in [3.05, 3.63) is 0 Å². The number of hydrogen-bond donors (Lipinski definition) is 0. The SMILES string of the molecule is CCOCC(=O)N1CCC(CC2CCN(C)CC2)CC1. The summed E-state index contributed by atoms with van der Waals surface area (Å²) >= 11 is 0. The van der Waals surface area contributed by atoms with Gasteiger partial charge < -0.3 is 14.5 Å². The Morgan fingerprint density at radius 1 is 1.05 bits per heavy atom. The molecule has 0 N–H and O–H groups in total. The average molecular weight is 282 g/mol. The van der Waals surface area contributed by atoms with Gasteiger partial charge in [-0.25, -0.2) is 0 Å². The van der Waals surface area contributed by atoms with Crippen LogP contribution in [0.5, 0.6) is 0 Å². The molecule has 0 aliphatic carbocycles. The van der Waals surface area contributed by atoms with Gasteiger partial charge >= 0.3 is 0 Å². The number of likely N-dealkylation sites (tertiary alicyclic amines) is 2. The van der Waals surface area contributed by atoms with Gasteiger partial charge in [0.25, 0.3) is 0 Å². The third-order valence-corrected chi connectivity index (χ3v) is 4.90. The standard InChI is InChI=1S/C16H30N2O2/c1-3-20-13-16(19)18-10-6-15(7-11-18)12-14-4-8-17(2)9-5-14/h14-15H,3-13H2,1-2H3. The first kappa shape index (κ1) is 15.8. The van der Waals surface area contributed by atoms with Crippen molar-refractivity contribution in [2.75, 3.05) is 46.4 Å². The molecule has 0 aromatic carbocycles. The summed E-state index contributed by atoms with van der Waals surface area (Å²) in [5.74, 6) is 1.92. The molecule has 0 bridgehead atoms. The van der Waals surface area contributed by atoms with E-state index in [2.05, 4.69) is 11.9 Å². The number of rotatable bonds is 5. The zero-order valence-electron chi connectivity index (χ0n) is 13.1. The van der Waals surface area contributed by atoms with Crippen molar-refractivity contribution in [2.45, 2.75) is 39.0 Å². The molecule has 20 heavy (non-hydrogen) atoms. The molecule has 2 fully saturated rings. The quantitative estimate of drug-likeness (QED) is 0.773. The number of carbonyl (C=O) groups is 1. The van der Waals surface area contributed by atoms with Crippen LogP contribution >= 0.6 is 0 Å². The van der Waals surface area contributed by atoms with Gasteiger partial charge in [-0.3, -0.25) is 4.79 Å². The van der Waals surface area contributed by atoms with E-state index in [1.54, 1.807) is 0 Å². The Kier molecular flexibility index (Phi) is 6.30. The number of ether oxygens (including phenoxy) is 1. The monoisotopic (exact) mass is 282 g/mol. The molecule has 0 aromatic rings. The Hall–Kier alpha value is -0.610. The van der Waals surface area contributed by atoms with Crippen molar-refractivity contribution < 1.29 is 9.53 Å². The van der Waals surface area contributed by atoms with Crippen LogP contribution in [0.25, 0.3) is 0 Å². The fourth-order valence-corrected chi connectivity index (χ4v) is 3.47. The molecular formula is C16H30N2O2. The topological polar surface area (TPSA) is 32.8 Å². The fourth-order valence-electron chi connectivity index (χ4n) is 3.47. The second kappa shape index (κ2) is 7.99. The van der Waals surface area contributed by atoms with Gasteiger partial charge in [0.1, 0.15) is 6.61 Å². The van der Waals surface area contributed by atoms with Crippen LogP contribution in [0.2, 0.25) is 0 Å². The largest absolute Gasteiger partial charge is 0.372 e. The van der Waals surface area contributed by atoms with Gasteiger partial charge in [-0.15, -0.1) is 0 Å². The molecule has 2 aliphatic rings. The minimum atomic E-state index is 0.171. The van der Waals surface area contributed by atoms with E-state index in [1.165, 1.54) is 45.2 Å². The van der Waals surface area contributed by atoms with E-state index in [-0.39, 0.29) is 12.5 Å². The van der Waals surface area contributed by atoms with Crippen LogP contribution in [0, 0.1) is 11.8 Å². The number of carbonyl (C=O) groups excluding carboxylic acids is 1. The first-order valence-corrected chi connectivity index (χ1v) is 8.23. The minimum Gasteiger partial charge on any atom is -0.372 e. The highest BCUT2D eigenvalue weighted by molar-refractivity contribution is 5.77. The second-order valence-electron chi connectivity index (χ2n) is 6.44. The summed E-state index contributed by atoms with van der Waals surface area (Å²) in [6.45, 7) is 7.20. The van der Waals surface area contributed by atoms with Crippen LogP contribution in [0.1, 0.15) is 39.0 Å². The Labute approximate surface area is 123 Å². The molecule has 2 heterocycles. The van der Waals surface area contributed by atoms with Gasteiger partial charge in [0.15, 0.2) is 0 Å². The normalized spacial score (nSPS) is 23.2. The van der Waals surface area contributed by atoms with Crippen molar-refractivity contribution >= 4 is 5.91 Å². The molecule has 4 heteroatoms. The molecule has 0 saturated carbocycles. The zero-order chi connectivity index (χ0) is 14.4. The van der Waals surface area contributed by atoms with Crippen LogP contribution in [-0.2, 0) is 9.53 Å². The van der Waals surface area contributed by atoms with Gasteiger partial charge in [0.2, 0.25) is 5.91 Å². The van der Waals surface area contributed by atoms with E-state index in [0.29, 0.717) is 6.61 Å². The summed E-state index contributed by atoms with van der Waals surface area (Å²) in [7, 11) is 2.22. The number of nitrogens with zero attached hydrogens (tertiary/aromatic N) is 2. The number of hydrogen-bond acceptors (Lipinski definition) is 3. The van der Waals surface area contributed by atoms with Crippen molar-refractivity contribution in [1.82, 2.24) is 9.80 Å². The Bertz CT molecular complexity index is 293. The summed E-state index contributed by atoms with van der Waals surface area (Å²) < 4.78 is 5.21. The Balaban J connectivity index is 1.65. The smallest absolute Gasteiger partial charge is 0.248 e. The highest BCUT2D eigenvalue weighted by atomic mass is 16.5. The maximum Gasteiger partial charge on any atom is 0.248 e. The van der Waals surface area contributed by atoms with Gasteiger partial charge in [0.05, 0.1) is 0 Å². The average Bonchev–Trinajstić information content (AvgIpc) is 2.48. The van der Waals surface area contributed by atoms with E-state index in [0.717, 1.165) is 24.9 Å². The first-order chi connectivity index (χ1) is 9.69. The predicted molar refractivity (Wildman–Crippen MR) is 80.6 cm³/mol. The summed E-state index contributed by atoms with van der Waals surface area (Å²) in [4.78, 5) is 16.3. The Morgan fingerprint density at radius 2 is 1.60 bits per heavy atom. The summed E-state index contributed by atoms with van der Waals surface area (Å²) in [5, 5.41) is 0. The van der Waals surface area contributed by atoms with E-state index >= 15 is 0 Å². The van der Waals surface area contributed by atoms with Gasteiger partial charge in [0, 0.05) is 19.7 Å². The van der Waals surface area contributed by atoms with E-state index < -0.39 is 0 Å². The van der Waals surface area contributed by atoms with E-state index in [1.807, 2.05) is 11.8 Å². The third-order valence-electron chi connectivity index (χ3n) is 4.90. The molecule has 0 atom stereocenters. The lowest BCUT2D eigenvalue weighted by molar-refractivity contribution is -0.137. The second-order valence-corrected chi connectivity index (χ2v) is 6.44. The lowest BCUT2D eigenvalue weighted by atomic mass is 9.83. The molecule has 2 saturated heterocycles. The van der Waals surface area contributed by atoms with E-state index in [4.69, 9.17) is 4.74 Å². The van der Waals surface area contributed by atoms with Crippen LogP contribution in [0.4, 0.5) is 0 Å². The van der Waals surface area contributed by atoms with Crippen LogP contribution in [0.3, 0.4) is 0 Å². The molecule has 0 radical (unpaired) electrons. The predicted octanol–water partition coefficient (Wildman–Crippen LogP) is 1.99. The van der Waals surface area contributed by atoms with Crippen molar-refractivity contribution in [3.63, 3.8) is 0 Å². The number of amides is 1. The van der Waals surface area contributed by atoms with Crippen LogP contribution in [0.15, 0.2) is 0 Å². The molecule has 4 nitrogen and oxygen atoms in total. The molecule has 0 aromatic heterocycles. The lowest BCUT2D eigenvalue weighted by Crippen LogP contribution is -2.41. The highest BCUT2D eigenvalue weighted by Gasteiger charge is 2.26. The molecule has 1 amide bonds. The van der Waals surface area contributed by atoms with Crippen molar-refractivity contribution in [1.29, 1.82) is 0 Å². The van der Waals surface area contributed by atoms with Crippen LogP contribution in [-0.4, -0.2) is 62.1 Å². The minimum absolute atomic E-state index is 0.171. The molecular weight excluding hydrogens is 252 g/mol. The summed E-state index contributed by atoms with van der Waals surface area (Å²) in [6, 6.07) is 0. The molecule has 0 unspecified atom stereocenters. The summed E-state index contributed by atoms with van der Waals surface area (Å²) in [6.07, 6.45) is 6.47. The maximum atomic E-state index is 11.9. The molecule has 116 valence electrons. The Morgan fingerprint density at radius 3 is 2.15 bits per heavy atom.